The van der Waals surface area contributed by atoms with Crippen LogP contribution in [-0.2, 0) is 11.3 Å². The highest BCUT2D eigenvalue weighted by atomic mass is 35.5. The smallest absolute Gasteiger partial charge is 0.246 e. The number of rotatable bonds is 5. The molecule has 6 nitrogen and oxygen atoms in total. The molecular formula is C14H18ClN5O. The number of hydrogen-bond acceptors (Lipinski definition) is 4. The van der Waals surface area contributed by atoms with E-state index in [1.807, 2.05) is 19.9 Å². The number of hydrogen-bond donors (Lipinski definition) is 2. The Balaban J connectivity index is 2.00. The minimum atomic E-state index is -0.220. The van der Waals surface area contributed by atoms with Crippen molar-refractivity contribution < 1.29 is 4.79 Å². The van der Waals surface area contributed by atoms with Gasteiger partial charge >= 0.3 is 0 Å². The molecule has 1 aromatic carbocycles. The Morgan fingerprint density at radius 3 is 2.95 bits per heavy atom. The van der Waals surface area contributed by atoms with E-state index in [1.54, 1.807) is 18.3 Å². The number of carbonyl (C=O) groups excluding carboxylic acids is 1. The number of carbonyl (C=O) groups is 1. The predicted octanol–water partition coefficient (Wildman–Crippen LogP) is 2.29. The van der Waals surface area contributed by atoms with Crippen LogP contribution < -0.4 is 11.1 Å². The third kappa shape index (κ3) is 4.03. The molecule has 112 valence electrons. The number of aryl methyl sites for hydroxylation is 1. The summed E-state index contributed by atoms with van der Waals surface area (Å²) in [6.45, 7) is 3.97. The van der Waals surface area contributed by atoms with E-state index in [0.29, 0.717) is 16.4 Å². The van der Waals surface area contributed by atoms with Crippen molar-refractivity contribution in [3.8, 4) is 0 Å². The van der Waals surface area contributed by atoms with Gasteiger partial charge in [0.05, 0.1) is 28.6 Å². The molecule has 2 aromatic rings. The van der Waals surface area contributed by atoms with Gasteiger partial charge in [-0.05, 0) is 31.0 Å². The highest BCUT2D eigenvalue weighted by Gasteiger charge is 2.11. The monoisotopic (exact) mass is 307 g/mol. The lowest BCUT2D eigenvalue weighted by Gasteiger charge is -2.07. The second kappa shape index (κ2) is 6.69. The molecule has 0 saturated carbocycles. The fourth-order valence-corrected chi connectivity index (χ4v) is 2.11. The van der Waals surface area contributed by atoms with Crippen LogP contribution in [0.3, 0.4) is 0 Å². The number of anilines is 1. The average molecular weight is 308 g/mol. The molecule has 1 unspecified atom stereocenters. The number of benzene rings is 1. The Morgan fingerprint density at radius 1 is 1.52 bits per heavy atom. The molecular weight excluding hydrogens is 290 g/mol. The third-order valence-corrected chi connectivity index (χ3v) is 3.39. The molecule has 0 aliphatic carbocycles. The van der Waals surface area contributed by atoms with Gasteiger partial charge < -0.3 is 11.1 Å². The van der Waals surface area contributed by atoms with Gasteiger partial charge in [-0.15, -0.1) is 5.10 Å². The zero-order valence-corrected chi connectivity index (χ0v) is 12.8. The van der Waals surface area contributed by atoms with E-state index in [9.17, 15) is 4.79 Å². The zero-order chi connectivity index (χ0) is 15.4. The quantitative estimate of drug-likeness (QED) is 0.887. The van der Waals surface area contributed by atoms with Crippen molar-refractivity contribution in [2.45, 2.75) is 32.9 Å². The maximum Gasteiger partial charge on any atom is 0.246 e. The van der Waals surface area contributed by atoms with Crippen LogP contribution in [0, 0.1) is 6.92 Å². The van der Waals surface area contributed by atoms with Gasteiger partial charge in [0.1, 0.15) is 6.54 Å². The van der Waals surface area contributed by atoms with Crippen LogP contribution in [0.25, 0.3) is 0 Å². The largest absolute Gasteiger partial charge is 0.323 e. The summed E-state index contributed by atoms with van der Waals surface area (Å²) >= 11 is 6.08. The van der Waals surface area contributed by atoms with Crippen LogP contribution in [0.5, 0.6) is 0 Å². The summed E-state index contributed by atoms with van der Waals surface area (Å²) in [4.78, 5) is 12.0. The summed E-state index contributed by atoms with van der Waals surface area (Å²) in [5.41, 5.74) is 8.16. The molecule has 7 heteroatoms. The maximum absolute atomic E-state index is 12.0. The van der Waals surface area contributed by atoms with E-state index in [2.05, 4.69) is 15.6 Å². The van der Waals surface area contributed by atoms with Gasteiger partial charge in [0.15, 0.2) is 0 Å². The van der Waals surface area contributed by atoms with Crippen molar-refractivity contribution in [2.75, 3.05) is 5.32 Å². The first-order chi connectivity index (χ1) is 9.99. The topological polar surface area (TPSA) is 85.8 Å². The van der Waals surface area contributed by atoms with Gasteiger partial charge in [0, 0.05) is 0 Å². The van der Waals surface area contributed by atoms with E-state index in [4.69, 9.17) is 17.3 Å². The lowest BCUT2D eigenvalue weighted by molar-refractivity contribution is -0.116. The molecule has 1 atom stereocenters. The van der Waals surface area contributed by atoms with Crippen molar-refractivity contribution in [1.82, 2.24) is 15.0 Å². The molecule has 0 radical (unpaired) electrons. The Labute approximate surface area is 128 Å². The summed E-state index contributed by atoms with van der Waals surface area (Å²) in [6, 6.07) is 5.30. The van der Waals surface area contributed by atoms with Gasteiger partial charge in [-0.2, -0.15) is 0 Å². The molecule has 0 spiro atoms. The lowest BCUT2D eigenvalue weighted by atomic mass is 10.2. The minimum Gasteiger partial charge on any atom is -0.323 e. The number of nitrogens with two attached hydrogens (primary N) is 1. The van der Waals surface area contributed by atoms with Crippen molar-refractivity contribution in [1.29, 1.82) is 0 Å². The second-order valence-electron chi connectivity index (χ2n) is 4.89. The van der Waals surface area contributed by atoms with E-state index < -0.39 is 0 Å². The summed E-state index contributed by atoms with van der Waals surface area (Å²) in [5, 5.41) is 11.1. The van der Waals surface area contributed by atoms with Crippen LogP contribution in [0.15, 0.2) is 24.4 Å². The number of aromatic nitrogens is 3. The van der Waals surface area contributed by atoms with Crippen molar-refractivity contribution in [3.63, 3.8) is 0 Å². The molecule has 2 rings (SSSR count). The first kappa shape index (κ1) is 15.5. The van der Waals surface area contributed by atoms with Gasteiger partial charge in [0.25, 0.3) is 0 Å². The number of halogens is 1. The van der Waals surface area contributed by atoms with Gasteiger partial charge in [-0.3, -0.25) is 4.79 Å². The Kier molecular flexibility index (Phi) is 4.93. The van der Waals surface area contributed by atoms with Crippen molar-refractivity contribution >= 4 is 23.2 Å². The van der Waals surface area contributed by atoms with E-state index in [-0.39, 0.29) is 18.5 Å². The van der Waals surface area contributed by atoms with E-state index in [1.165, 1.54) is 4.68 Å². The predicted molar refractivity (Wildman–Crippen MR) is 82.1 cm³/mol. The molecule has 3 N–H and O–H groups in total. The molecule has 1 aromatic heterocycles. The fourth-order valence-electron chi connectivity index (χ4n) is 1.83. The fraction of sp³-hybridized carbons (Fsp3) is 0.357. The molecule has 0 fully saturated rings. The lowest BCUT2D eigenvalue weighted by Crippen LogP contribution is -2.19. The van der Waals surface area contributed by atoms with Crippen LogP contribution in [0.4, 0.5) is 5.69 Å². The Morgan fingerprint density at radius 2 is 2.29 bits per heavy atom. The zero-order valence-electron chi connectivity index (χ0n) is 12.0. The number of amides is 1. The average Bonchev–Trinajstić information content (AvgIpc) is 2.89. The highest BCUT2D eigenvalue weighted by Crippen LogP contribution is 2.22. The first-order valence-corrected chi connectivity index (χ1v) is 7.09. The minimum absolute atomic E-state index is 0.0631. The second-order valence-corrected chi connectivity index (χ2v) is 5.29. The SMILES string of the molecule is CCC(N)c1cn(CC(=O)Nc2ccc(C)cc2Cl)nn1. The molecule has 1 amide bonds. The highest BCUT2D eigenvalue weighted by molar-refractivity contribution is 6.33. The van der Waals surface area contributed by atoms with E-state index >= 15 is 0 Å². The van der Waals surface area contributed by atoms with Crippen molar-refractivity contribution in [3.05, 3.63) is 40.7 Å². The summed E-state index contributed by atoms with van der Waals surface area (Å²) < 4.78 is 1.46. The third-order valence-electron chi connectivity index (χ3n) is 3.08. The molecule has 21 heavy (non-hydrogen) atoms. The normalized spacial score (nSPS) is 12.2. The number of nitrogens with zero attached hydrogens (tertiary/aromatic N) is 3. The van der Waals surface area contributed by atoms with Gasteiger partial charge in [0.2, 0.25) is 5.91 Å². The number of nitrogens with one attached hydrogen (secondary N) is 1. The molecule has 0 saturated heterocycles. The Bertz CT molecular complexity index is 640. The van der Waals surface area contributed by atoms with Gasteiger partial charge in [-0.1, -0.05) is 29.8 Å². The molecule has 0 aliphatic heterocycles. The summed E-state index contributed by atoms with van der Waals surface area (Å²) in [6.07, 6.45) is 2.45. The standard InChI is InChI=1S/C14H18ClN5O/c1-3-11(16)13-7-20(19-18-13)8-14(21)17-12-5-4-9(2)6-10(12)15/h4-7,11H,3,8,16H2,1-2H3,(H,17,21). The molecule has 1 heterocycles. The summed E-state index contributed by atoms with van der Waals surface area (Å²) in [7, 11) is 0. The molecule has 0 aliphatic rings. The summed E-state index contributed by atoms with van der Waals surface area (Å²) in [5.74, 6) is -0.220. The molecule has 0 bridgehead atoms. The van der Waals surface area contributed by atoms with Crippen molar-refractivity contribution in [2.24, 2.45) is 5.73 Å². The van der Waals surface area contributed by atoms with Crippen LogP contribution in [-0.4, -0.2) is 20.9 Å². The van der Waals surface area contributed by atoms with Crippen LogP contribution in [0.2, 0.25) is 5.02 Å². The Hall–Kier alpha value is -1.92. The van der Waals surface area contributed by atoms with Crippen LogP contribution >= 0.6 is 11.6 Å². The van der Waals surface area contributed by atoms with Gasteiger partial charge in [-0.25, -0.2) is 4.68 Å². The van der Waals surface area contributed by atoms with E-state index in [0.717, 1.165) is 12.0 Å². The van der Waals surface area contributed by atoms with Crippen LogP contribution in [0.1, 0.15) is 30.6 Å². The maximum atomic E-state index is 12.0. The first-order valence-electron chi connectivity index (χ1n) is 6.71.